The quantitative estimate of drug-likeness (QED) is 0.418. The highest BCUT2D eigenvalue weighted by Gasteiger charge is 2.41. The number of aromatic nitrogens is 2. The maximum Gasteiger partial charge on any atom is 0.148 e. The number of hydrogen-bond acceptors (Lipinski definition) is 6. The lowest BCUT2D eigenvalue weighted by Crippen LogP contribution is -2.20. The number of hydrogen-bond donors (Lipinski definition) is 4. The zero-order chi connectivity index (χ0) is 13.7. The van der Waals surface area contributed by atoms with Crippen LogP contribution in [0.1, 0.15) is 38.2 Å². The maximum absolute atomic E-state index is 9.08. The molecule has 1 fully saturated rings. The minimum Gasteiger partial charge on any atom is -0.396 e. The Hall–Kier alpha value is -1.40. The van der Waals surface area contributed by atoms with E-state index in [0.29, 0.717) is 5.82 Å². The number of anilines is 2. The highest BCUT2D eigenvalue weighted by atomic mass is 16.3. The lowest BCUT2D eigenvalue weighted by atomic mass is 10.0. The van der Waals surface area contributed by atoms with E-state index in [1.54, 1.807) is 0 Å². The molecule has 0 saturated heterocycles. The normalized spacial score (nSPS) is 16.2. The zero-order valence-electron chi connectivity index (χ0n) is 11.4. The molecule has 0 amide bonds. The van der Waals surface area contributed by atoms with Crippen molar-refractivity contribution in [3.63, 3.8) is 0 Å². The van der Waals surface area contributed by atoms with Crippen LogP contribution in [0.5, 0.6) is 0 Å². The number of nitrogen functional groups attached to an aromatic ring is 1. The van der Waals surface area contributed by atoms with E-state index in [1.807, 2.05) is 0 Å². The molecule has 5 N–H and O–H groups in total. The van der Waals surface area contributed by atoms with Gasteiger partial charge in [-0.3, -0.25) is 0 Å². The smallest absolute Gasteiger partial charge is 0.148 e. The summed E-state index contributed by atoms with van der Waals surface area (Å²) in [6.45, 7) is 3.22. The molecule has 0 unspecified atom stereocenters. The van der Waals surface area contributed by atoms with Crippen LogP contribution in [0.15, 0.2) is 6.33 Å². The molecule has 1 aromatic rings. The fourth-order valence-corrected chi connectivity index (χ4v) is 2.38. The number of nitrogens with one attached hydrogen (secondary N) is 2. The van der Waals surface area contributed by atoms with E-state index in [1.165, 1.54) is 19.2 Å². The fourth-order valence-electron chi connectivity index (χ4n) is 2.38. The molecule has 1 heterocycles. The largest absolute Gasteiger partial charge is 0.396 e. The van der Waals surface area contributed by atoms with E-state index in [0.717, 1.165) is 37.2 Å². The molecule has 19 heavy (non-hydrogen) atoms. The van der Waals surface area contributed by atoms with Crippen molar-refractivity contribution in [1.82, 2.24) is 9.97 Å². The Balaban J connectivity index is 2.07. The van der Waals surface area contributed by atoms with Gasteiger partial charge in [-0.2, -0.15) is 0 Å². The van der Waals surface area contributed by atoms with Crippen molar-refractivity contribution in [3.05, 3.63) is 11.9 Å². The van der Waals surface area contributed by atoms with E-state index in [9.17, 15) is 0 Å². The second kappa shape index (κ2) is 6.16. The monoisotopic (exact) mass is 265 g/mol. The molecule has 1 aromatic heterocycles. The van der Waals surface area contributed by atoms with E-state index in [2.05, 4.69) is 27.6 Å². The molecule has 0 radical (unpaired) electrons. The van der Waals surface area contributed by atoms with Gasteiger partial charge in [0.2, 0.25) is 0 Å². The molecule has 0 aromatic carbocycles. The van der Waals surface area contributed by atoms with Crippen LogP contribution in [0.4, 0.5) is 11.6 Å². The van der Waals surface area contributed by atoms with Crippen LogP contribution in [0.3, 0.4) is 0 Å². The van der Waals surface area contributed by atoms with Crippen molar-refractivity contribution in [2.45, 2.75) is 39.0 Å². The van der Waals surface area contributed by atoms with Gasteiger partial charge in [0.15, 0.2) is 0 Å². The van der Waals surface area contributed by atoms with Crippen LogP contribution in [0.2, 0.25) is 0 Å². The third-order valence-corrected chi connectivity index (χ3v) is 3.81. The van der Waals surface area contributed by atoms with Crippen molar-refractivity contribution in [2.24, 2.45) is 11.3 Å². The predicted octanol–water partition coefficient (Wildman–Crippen LogP) is 1.29. The van der Waals surface area contributed by atoms with Gasteiger partial charge in [0.25, 0.3) is 0 Å². The van der Waals surface area contributed by atoms with Gasteiger partial charge in [0.1, 0.15) is 18.0 Å². The molecule has 6 heteroatoms. The van der Waals surface area contributed by atoms with Crippen LogP contribution in [0, 0.1) is 5.41 Å². The Morgan fingerprint density at radius 1 is 1.37 bits per heavy atom. The first kappa shape index (κ1) is 14.0. The topological polar surface area (TPSA) is 96.1 Å². The third kappa shape index (κ3) is 3.33. The third-order valence-electron chi connectivity index (χ3n) is 3.81. The van der Waals surface area contributed by atoms with Gasteiger partial charge in [-0.25, -0.2) is 15.8 Å². The van der Waals surface area contributed by atoms with Crippen molar-refractivity contribution < 1.29 is 5.11 Å². The Morgan fingerprint density at radius 2 is 2.11 bits per heavy atom. The number of hydrazine groups is 1. The average molecular weight is 265 g/mol. The number of aliphatic hydroxyl groups excluding tert-OH is 1. The first-order chi connectivity index (χ1) is 9.24. The molecular weight excluding hydrogens is 242 g/mol. The predicted molar refractivity (Wildman–Crippen MR) is 75.7 cm³/mol. The molecule has 0 atom stereocenters. The highest BCUT2D eigenvalue weighted by Crippen LogP contribution is 2.48. The van der Waals surface area contributed by atoms with Crippen molar-refractivity contribution in [2.75, 3.05) is 23.9 Å². The van der Waals surface area contributed by atoms with Gasteiger partial charge >= 0.3 is 0 Å². The Kier molecular flexibility index (Phi) is 4.55. The number of nitrogens with two attached hydrogens (primary N) is 1. The van der Waals surface area contributed by atoms with E-state index >= 15 is 0 Å². The molecule has 1 saturated carbocycles. The Morgan fingerprint density at radius 3 is 2.68 bits per heavy atom. The molecule has 0 aliphatic heterocycles. The van der Waals surface area contributed by atoms with Gasteiger partial charge < -0.3 is 15.8 Å². The molecular formula is C13H23N5O. The molecule has 2 rings (SSSR count). The molecule has 0 bridgehead atoms. The summed E-state index contributed by atoms with van der Waals surface area (Å²) in [5, 5.41) is 12.5. The second-order valence-electron chi connectivity index (χ2n) is 5.27. The number of rotatable bonds is 8. The highest BCUT2D eigenvalue weighted by molar-refractivity contribution is 5.57. The van der Waals surface area contributed by atoms with Crippen LogP contribution in [-0.2, 0) is 6.42 Å². The van der Waals surface area contributed by atoms with Crippen molar-refractivity contribution in [3.8, 4) is 0 Å². The summed E-state index contributed by atoms with van der Waals surface area (Å²) < 4.78 is 0. The Labute approximate surface area is 113 Å². The van der Waals surface area contributed by atoms with Gasteiger partial charge in [0.05, 0.1) is 0 Å². The van der Waals surface area contributed by atoms with Crippen LogP contribution in [0.25, 0.3) is 0 Å². The number of aliphatic hydroxyl groups is 1. The van der Waals surface area contributed by atoms with E-state index < -0.39 is 0 Å². The Bertz CT molecular complexity index is 419. The maximum atomic E-state index is 9.08. The molecule has 1 aliphatic carbocycles. The molecule has 106 valence electrons. The van der Waals surface area contributed by atoms with Crippen LogP contribution < -0.4 is 16.6 Å². The minimum atomic E-state index is 0.253. The first-order valence-corrected chi connectivity index (χ1v) is 6.90. The van der Waals surface area contributed by atoms with Gasteiger partial charge in [-0.1, -0.05) is 13.3 Å². The summed E-state index contributed by atoms with van der Waals surface area (Å²) >= 11 is 0. The van der Waals surface area contributed by atoms with Gasteiger partial charge in [-0.15, -0.1) is 0 Å². The van der Waals surface area contributed by atoms with Crippen molar-refractivity contribution >= 4 is 11.6 Å². The molecule has 0 spiro atoms. The summed E-state index contributed by atoms with van der Waals surface area (Å²) in [5.41, 5.74) is 3.93. The fraction of sp³-hybridized carbons (Fsp3) is 0.692. The van der Waals surface area contributed by atoms with E-state index in [4.69, 9.17) is 10.9 Å². The summed E-state index contributed by atoms with van der Waals surface area (Å²) in [5.74, 6) is 7.03. The van der Waals surface area contributed by atoms with Crippen LogP contribution >= 0.6 is 0 Å². The summed E-state index contributed by atoms with van der Waals surface area (Å²) in [6.07, 6.45) is 6.63. The van der Waals surface area contributed by atoms with Gasteiger partial charge in [-0.05, 0) is 31.1 Å². The lowest BCUT2D eigenvalue weighted by molar-refractivity contribution is 0.253. The summed E-state index contributed by atoms with van der Waals surface area (Å²) in [7, 11) is 0. The first-order valence-electron chi connectivity index (χ1n) is 6.90. The molecule has 6 nitrogen and oxygen atoms in total. The number of nitrogens with zero attached hydrogens (tertiary/aromatic N) is 2. The minimum absolute atomic E-state index is 0.253. The van der Waals surface area contributed by atoms with E-state index in [-0.39, 0.29) is 12.0 Å². The standard InChI is InChI=1S/C13H23N5O/c1-2-3-10-11(16-9-17-12(10)18-14)15-8-13(4-5-13)6-7-19/h9,19H,2-8,14H2,1H3,(H2,15,16,17,18). The van der Waals surface area contributed by atoms with Crippen molar-refractivity contribution in [1.29, 1.82) is 0 Å². The lowest BCUT2D eigenvalue weighted by Gasteiger charge is -2.18. The average Bonchev–Trinajstić information content (AvgIpc) is 3.18. The summed E-state index contributed by atoms with van der Waals surface area (Å²) in [6, 6.07) is 0. The van der Waals surface area contributed by atoms with Crippen LogP contribution in [-0.4, -0.2) is 28.2 Å². The zero-order valence-corrected chi connectivity index (χ0v) is 11.4. The summed E-state index contributed by atoms with van der Waals surface area (Å²) in [4.78, 5) is 8.46. The molecule has 1 aliphatic rings. The van der Waals surface area contributed by atoms with Gasteiger partial charge in [0, 0.05) is 18.7 Å². The second-order valence-corrected chi connectivity index (χ2v) is 5.27. The SMILES string of the molecule is CCCc1c(NN)ncnc1NCC1(CCO)CC1.